The van der Waals surface area contributed by atoms with E-state index in [1.165, 1.54) is 0 Å². The van der Waals surface area contributed by atoms with E-state index in [0.29, 0.717) is 42.0 Å². The van der Waals surface area contributed by atoms with Gasteiger partial charge < -0.3 is 14.1 Å². The number of aryl methyl sites for hydroxylation is 1. The van der Waals surface area contributed by atoms with Crippen molar-refractivity contribution in [3.8, 4) is 5.75 Å². The number of anilines is 1. The van der Waals surface area contributed by atoms with Gasteiger partial charge in [0.1, 0.15) is 5.69 Å². The minimum absolute atomic E-state index is 0.112. The molecule has 0 spiro atoms. The Morgan fingerprint density at radius 3 is 2.34 bits per heavy atom. The van der Waals surface area contributed by atoms with Crippen molar-refractivity contribution in [2.45, 2.75) is 51.6 Å². The third-order valence-electron chi connectivity index (χ3n) is 6.78. The normalized spacial score (nSPS) is 23.8. The van der Waals surface area contributed by atoms with E-state index >= 15 is 0 Å². The zero-order valence-corrected chi connectivity index (χ0v) is 18.8. The van der Waals surface area contributed by atoms with Crippen LogP contribution in [0.4, 0.5) is 32.4 Å². The molecule has 1 aliphatic heterocycles. The van der Waals surface area contributed by atoms with Gasteiger partial charge in [0.2, 0.25) is 5.89 Å². The summed E-state index contributed by atoms with van der Waals surface area (Å²) < 4.78 is 90.7. The Morgan fingerprint density at radius 1 is 1.09 bits per heavy atom. The maximum atomic E-state index is 13.6. The Hall–Kier alpha value is -3.06. The van der Waals surface area contributed by atoms with Gasteiger partial charge in [-0.25, -0.2) is 9.50 Å². The van der Waals surface area contributed by atoms with Crippen LogP contribution < -0.4 is 9.64 Å². The van der Waals surface area contributed by atoms with Gasteiger partial charge in [0.05, 0.1) is 0 Å². The van der Waals surface area contributed by atoms with E-state index in [9.17, 15) is 26.3 Å². The monoisotopic (exact) mass is 504 g/mol. The van der Waals surface area contributed by atoms with E-state index in [1.54, 1.807) is 6.92 Å². The summed E-state index contributed by atoms with van der Waals surface area (Å²) in [6.45, 7) is 3.79. The Morgan fingerprint density at radius 2 is 1.77 bits per heavy atom. The minimum Gasteiger partial charge on any atom is -0.477 e. The zero-order chi connectivity index (χ0) is 25.1. The molecule has 0 N–H and O–H groups in total. The Bertz CT molecular complexity index is 1210. The zero-order valence-electron chi connectivity index (χ0n) is 18.8. The number of ether oxygens (including phenoxy) is 1. The molecule has 2 bridgehead atoms. The molecule has 1 aliphatic carbocycles. The third-order valence-corrected chi connectivity index (χ3v) is 6.78. The van der Waals surface area contributed by atoms with Gasteiger partial charge in [-0.1, -0.05) is 5.10 Å². The average molecular weight is 504 g/mol. The van der Waals surface area contributed by atoms with Crippen LogP contribution in [0.5, 0.6) is 5.75 Å². The van der Waals surface area contributed by atoms with Crippen LogP contribution in [-0.4, -0.2) is 50.2 Å². The molecule has 3 aromatic rings. The summed E-state index contributed by atoms with van der Waals surface area (Å²) in [5, 5.41) is 12.0. The van der Waals surface area contributed by atoms with Crippen molar-refractivity contribution in [1.29, 1.82) is 0 Å². The van der Waals surface area contributed by atoms with Crippen molar-refractivity contribution in [3.63, 3.8) is 0 Å². The van der Waals surface area contributed by atoms with Gasteiger partial charge in [-0.05, 0) is 49.7 Å². The lowest BCUT2D eigenvalue weighted by Gasteiger charge is -2.36. The highest BCUT2D eigenvalue weighted by Crippen LogP contribution is 2.44. The fourth-order valence-corrected chi connectivity index (χ4v) is 5.08. The summed E-state index contributed by atoms with van der Waals surface area (Å²) in [6.07, 6.45) is -9.53. The lowest BCUT2D eigenvalue weighted by Crippen LogP contribution is -2.43. The van der Waals surface area contributed by atoms with Crippen molar-refractivity contribution in [3.05, 3.63) is 29.5 Å². The van der Waals surface area contributed by atoms with Crippen molar-refractivity contribution >= 4 is 11.7 Å². The molecule has 1 saturated heterocycles. The van der Waals surface area contributed by atoms with Crippen LogP contribution in [0.1, 0.15) is 37.2 Å². The first-order chi connectivity index (χ1) is 16.4. The first-order valence-corrected chi connectivity index (χ1v) is 11.1. The second-order valence-corrected chi connectivity index (χ2v) is 9.12. The number of rotatable bonds is 5. The van der Waals surface area contributed by atoms with Gasteiger partial charge in [0.15, 0.2) is 23.3 Å². The predicted molar refractivity (Wildman–Crippen MR) is 109 cm³/mol. The molecule has 2 unspecified atom stereocenters. The average Bonchev–Trinajstić information content (AvgIpc) is 3.43. The van der Waals surface area contributed by atoms with Crippen LogP contribution in [0.25, 0.3) is 5.65 Å². The molecule has 35 heavy (non-hydrogen) atoms. The molecule has 0 aromatic carbocycles. The van der Waals surface area contributed by atoms with E-state index in [2.05, 4.69) is 20.3 Å². The quantitative estimate of drug-likeness (QED) is 0.474. The van der Waals surface area contributed by atoms with Crippen LogP contribution >= 0.6 is 0 Å². The van der Waals surface area contributed by atoms with Crippen molar-refractivity contribution in [1.82, 2.24) is 24.8 Å². The molecule has 2 aliphatic rings. The second kappa shape index (κ2) is 8.26. The molecule has 1 saturated carbocycles. The SMILES string of the molecule is Cc1nnc(N2C[C@H]3CC[C@@H](C2)C3Cc2nc3c(OC(C)C(F)(F)F)ccc(C(F)(F)F)n3n2)o1. The van der Waals surface area contributed by atoms with E-state index in [0.717, 1.165) is 25.8 Å². The molecular weight excluding hydrogens is 482 g/mol. The third kappa shape index (κ3) is 4.49. The topological polar surface area (TPSA) is 81.6 Å². The molecule has 4 heterocycles. The number of piperidine rings is 1. The smallest absolute Gasteiger partial charge is 0.433 e. The summed E-state index contributed by atoms with van der Waals surface area (Å²) in [4.78, 5) is 6.21. The number of halogens is 6. The standard InChI is InChI=1S/C21H22F6N6O2/c1-10(20(22,23)24)34-15-5-6-16(21(25,26)27)33-18(15)28-17(31-33)7-14-12-3-4-13(14)9-32(8-12)19-30-29-11(2)35-19/h5-6,10,12-14H,3-4,7-9H2,1-2H3/t10?,12-,13+,14?. The molecule has 8 nitrogen and oxygen atoms in total. The van der Waals surface area contributed by atoms with E-state index in [4.69, 9.17) is 9.15 Å². The van der Waals surface area contributed by atoms with E-state index < -0.39 is 35.5 Å². The van der Waals surface area contributed by atoms with E-state index in [1.807, 2.05) is 4.90 Å². The van der Waals surface area contributed by atoms with E-state index in [-0.39, 0.29) is 23.6 Å². The molecule has 2 fully saturated rings. The molecule has 0 radical (unpaired) electrons. The fraction of sp³-hybridized carbons (Fsp3) is 0.619. The van der Waals surface area contributed by atoms with Gasteiger partial charge in [0.25, 0.3) is 0 Å². The molecule has 3 aromatic heterocycles. The van der Waals surface area contributed by atoms with Gasteiger partial charge in [0, 0.05) is 26.4 Å². The predicted octanol–water partition coefficient (Wildman–Crippen LogP) is 4.47. The van der Waals surface area contributed by atoms with Crippen molar-refractivity contribution < 1.29 is 35.5 Å². The van der Waals surface area contributed by atoms with Crippen LogP contribution in [0.15, 0.2) is 16.5 Å². The number of alkyl halides is 6. The summed E-state index contributed by atoms with van der Waals surface area (Å²) in [5.41, 5.74) is -1.53. The maximum absolute atomic E-state index is 13.6. The van der Waals surface area contributed by atoms with Gasteiger partial charge in [-0.2, -0.15) is 31.4 Å². The highest BCUT2D eigenvalue weighted by molar-refractivity contribution is 5.54. The lowest BCUT2D eigenvalue weighted by molar-refractivity contribution is -0.189. The number of hydrogen-bond donors (Lipinski definition) is 0. The molecule has 14 heteroatoms. The van der Waals surface area contributed by atoms with Crippen molar-refractivity contribution in [2.75, 3.05) is 18.0 Å². The molecule has 4 atom stereocenters. The first-order valence-electron chi connectivity index (χ1n) is 11.1. The van der Waals surface area contributed by atoms with Crippen LogP contribution in [0.3, 0.4) is 0 Å². The van der Waals surface area contributed by atoms with Gasteiger partial charge in [-0.15, -0.1) is 5.10 Å². The highest BCUT2D eigenvalue weighted by atomic mass is 19.4. The van der Waals surface area contributed by atoms with Crippen LogP contribution in [-0.2, 0) is 12.6 Å². The Labute approximate surface area is 195 Å². The number of aromatic nitrogens is 5. The molecule has 190 valence electrons. The Balaban J connectivity index is 1.42. The summed E-state index contributed by atoms with van der Waals surface area (Å²) in [7, 11) is 0. The van der Waals surface area contributed by atoms with Crippen LogP contribution in [0, 0.1) is 24.7 Å². The number of nitrogens with zero attached hydrogens (tertiary/aromatic N) is 6. The van der Waals surface area contributed by atoms with Gasteiger partial charge in [-0.3, -0.25) is 0 Å². The number of hydrogen-bond acceptors (Lipinski definition) is 7. The number of pyridine rings is 1. The largest absolute Gasteiger partial charge is 0.477 e. The molecule has 5 rings (SSSR count). The second-order valence-electron chi connectivity index (χ2n) is 9.12. The van der Waals surface area contributed by atoms with Crippen molar-refractivity contribution in [2.24, 2.45) is 17.8 Å². The Kier molecular flexibility index (Phi) is 5.59. The summed E-state index contributed by atoms with van der Waals surface area (Å²) >= 11 is 0. The molecular formula is C21H22F6N6O2. The minimum atomic E-state index is -4.77. The van der Waals surface area contributed by atoms with Crippen LogP contribution in [0.2, 0.25) is 0 Å². The lowest BCUT2D eigenvalue weighted by atomic mass is 9.82. The number of fused-ring (bicyclic) bond motifs is 3. The maximum Gasteiger partial charge on any atom is 0.433 e. The summed E-state index contributed by atoms with van der Waals surface area (Å²) in [6, 6.07) is 1.95. The molecule has 0 amide bonds. The fourth-order valence-electron chi connectivity index (χ4n) is 5.08. The highest BCUT2D eigenvalue weighted by Gasteiger charge is 2.44. The first kappa shape index (κ1) is 23.7. The van der Waals surface area contributed by atoms with Gasteiger partial charge >= 0.3 is 18.4 Å². The summed E-state index contributed by atoms with van der Waals surface area (Å²) in [5.74, 6) is 0.731.